The molecule has 0 radical (unpaired) electrons. The number of hydrogen-bond acceptors (Lipinski definition) is 8. The Morgan fingerprint density at radius 3 is 1.59 bits per heavy atom. The Balaban J connectivity index is 0.000000431. The molecule has 6 rings (SSSR count). The van der Waals surface area contributed by atoms with Gasteiger partial charge in [-0.15, -0.1) is 0 Å². The first-order chi connectivity index (χ1) is 24.5. The molecule has 0 spiro atoms. The van der Waals surface area contributed by atoms with Crippen LogP contribution in [-0.4, -0.2) is 62.3 Å². The van der Waals surface area contributed by atoms with Gasteiger partial charge in [-0.25, -0.2) is 28.7 Å². The van der Waals surface area contributed by atoms with Crippen molar-refractivity contribution >= 4 is 28.7 Å². The van der Waals surface area contributed by atoms with Crippen molar-refractivity contribution in [2.75, 3.05) is 52.2 Å². The second-order valence-electron chi connectivity index (χ2n) is 11.6. The van der Waals surface area contributed by atoms with Gasteiger partial charge in [-0.3, -0.25) is 0 Å². The smallest absolute Gasteiger partial charge is 0.152 e. The fourth-order valence-corrected chi connectivity index (χ4v) is 5.13. The highest BCUT2D eigenvalue weighted by Gasteiger charge is 2.11. The summed E-state index contributed by atoms with van der Waals surface area (Å²) in [4.78, 5) is 20.1. The standard InChI is InChI=1S/C20H20FN3O.C11H9ClN2O.C8H11FN2.CH4.2ClH/c1-24(2)19-9-8-14(11-17(19)21)10-15-12-18(23-13-22-15)16-6-4-5-7-20(16)25-3;1-15-10-5-3-2-4-8(10)9-6-11(12)14-7-13-9;1-11(2)8-4-3-6(10)5-7(8)9;;;/h4-9,11-13H,10H2,1-3H3;2-7H,1H3;3-5H,10H2,1-2H3;1H4;2*1H/p-1. The number of anilines is 2. The lowest BCUT2D eigenvalue weighted by molar-refractivity contribution is -0.255. The quantitative estimate of drug-likeness (QED) is 0.234. The first-order valence-electron chi connectivity index (χ1n) is 15.8. The lowest BCUT2D eigenvalue weighted by Gasteiger charge is -2.14. The molecular weight excluding hydrogens is 755 g/mol. The van der Waals surface area contributed by atoms with Gasteiger partial charge in [0, 0.05) is 69.6 Å². The predicted molar refractivity (Wildman–Crippen MR) is 207 cm³/mol. The minimum Gasteiger partial charge on any atom is -1.00 e. The molecule has 0 bridgehead atoms. The van der Waals surface area contributed by atoms with Crippen molar-refractivity contribution in [1.82, 2.24) is 19.9 Å². The summed E-state index contributed by atoms with van der Waals surface area (Å²) in [5.74, 6) is 1.07. The molecule has 4 aromatic carbocycles. The zero-order valence-electron chi connectivity index (χ0n) is 30.2. The van der Waals surface area contributed by atoms with Crippen molar-refractivity contribution in [2.24, 2.45) is 0 Å². The van der Waals surface area contributed by atoms with E-state index in [1.807, 2.05) is 74.8 Å². The fraction of sp³-hybridized carbons (Fsp3) is 0.200. The highest BCUT2D eigenvalue weighted by atomic mass is 35.5. The number of hydrogen-bond donors (Lipinski definition) is 1. The number of aromatic nitrogens is 4. The lowest BCUT2D eigenvalue weighted by Crippen LogP contribution is -3.00. The first-order valence-corrected chi connectivity index (χ1v) is 16.2. The molecule has 0 aliphatic carbocycles. The number of ether oxygens (including phenoxy) is 2. The van der Waals surface area contributed by atoms with E-state index in [2.05, 4.69) is 25.7 Å². The van der Waals surface area contributed by atoms with Crippen LogP contribution in [0.4, 0.5) is 25.8 Å². The topological polar surface area (TPSA) is 104 Å². The largest absolute Gasteiger partial charge is 1.00 e. The Kier molecular flexibility index (Phi) is 19.9. The Labute approximate surface area is 334 Å². The fourth-order valence-electron chi connectivity index (χ4n) is 4.98. The maximum atomic E-state index is 14.2. The summed E-state index contributed by atoms with van der Waals surface area (Å²) in [6, 6.07) is 29.2. The number of nitrogens with zero attached hydrogens (tertiary/aromatic N) is 6. The summed E-state index contributed by atoms with van der Waals surface area (Å²) in [5, 5.41) is 0.422. The Hall–Kier alpha value is -5.07. The van der Waals surface area contributed by atoms with Crippen LogP contribution in [0, 0.1) is 11.6 Å². The third-order valence-electron chi connectivity index (χ3n) is 7.50. The first kappa shape index (κ1) is 47.0. The van der Waals surface area contributed by atoms with Gasteiger partial charge >= 0.3 is 0 Å². The van der Waals surface area contributed by atoms with Crippen molar-refractivity contribution < 1.29 is 48.8 Å². The van der Waals surface area contributed by atoms with E-state index in [1.54, 1.807) is 68.4 Å². The van der Waals surface area contributed by atoms with Crippen molar-refractivity contribution in [3.8, 4) is 34.0 Å². The van der Waals surface area contributed by atoms with Crippen LogP contribution in [0.1, 0.15) is 18.7 Å². The van der Waals surface area contributed by atoms with E-state index in [1.165, 1.54) is 18.7 Å². The van der Waals surface area contributed by atoms with E-state index < -0.39 is 0 Å². The summed E-state index contributed by atoms with van der Waals surface area (Å²) >= 11 is 5.80. The molecule has 0 atom stereocenters. The summed E-state index contributed by atoms with van der Waals surface area (Å²) in [6.07, 6.45) is 3.50. The average Bonchev–Trinajstić information content (AvgIpc) is 3.12. The summed E-state index contributed by atoms with van der Waals surface area (Å²) in [7, 11) is 10.5. The second-order valence-corrected chi connectivity index (χ2v) is 11.9. The molecule has 0 fully saturated rings. The van der Waals surface area contributed by atoms with Crippen LogP contribution in [0.15, 0.2) is 110 Å². The summed E-state index contributed by atoms with van der Waals surface area (Å²) < 4.78 is 37.8. The van der Waals surface area contributed by atoms with Crippen LogP contribution in [0.2, 0.25) is 5.15 Å². The Bertz CT molecular complexity index is 2060. The number of benzene rings is 4. The van der Waals surface area contributed by atoms with Crippen LogP contribution < -0.4 is 49.8 Å². The molecule has 9 nitrogen and oxygen atoms in total. The summed E-state index contributed by atoms with van der Waals surface area (Å²) in [6.45, 7) is 0. The highest BCUT2D eigenvalue weighted by Crippen LogP contribution is 2.30. The van der Waals surface area contributed by atoms with Crippen LogP contribution >= 0.6 is 11.6 Å². The monoisotopic (exact) mass is 798 g/mol. The molecule has 0 aliphatic heterocycles. The zero-order chi connectivity index (χ0) is 36.9. The number of quaternary nitrogens is 1. The second kappa shape index (κ2) is 22.9. The van der Waals surface area contributed by atoms with E-state index in [9.17, 15) is 8.78 Å². The van der Waals surface area contributed by atoms with Crippen LogP contribution in [0.5, 0.6) is 11.5 Å². The van der Waals surface area contributed by atoms with E-state index in [-0.39, 0.29) is 43.9 Å². The van der Waals surface area contributed by atoms with E-state index in [0.29, 0.717) is 28.6 Å². The third-order valence-corrected chi connectivity index (χ3v) is 7.70. The van der Waals surface area contributed by atoms with E-state index >= 15 is 0 Å². The van der Waals surface area contributed by atoms with Crippen molar-refractivity contribution in [1.29, 1.82) is 0 Å². The van der Waals surface area contributed by atoms with Gasteiger partial charge in [0.25, 0.3) is 0 Å². The third kappa shape index (κ3) is 13.1. The SMILES string of the molecule is C.CN(C)c1ccc([NH3+])cc1F.COc1ccccc1-c1cc(Cc2ccc(N(C)C)c(F)c2)ncn1.COc1ccccc1-c1cc(Cl)ncn1.[Cl-].[Cl-]. The van der Waals surface area contributed by atoms with Gasteiger partial charge in [0.05, 0.1) is 37.0 Å². The van der Waals surface area contributed by atoms with E-state index in [4.69, 9.17) is 21.1 Å². The van der Waals surface area contributed by atoms with Gasteiger partial charge in [-0.05, 0) is 54.1 Å². The molecule has 6 aromatic rings. The number of para-hydroxylation sites is 2. The zero-order valence-corrected chi connectivity index (χ0v) is 32.5. The number of methoxy groups -OCH3 is 2. The summed E-state index contributed by atoms with van der Waals surface area (Å²) in [5.41, 5.74) is 10.5. The maximum Gasteiger partial charge on any atom is 0.152 e. The molecule has 14 heteroatoms. The normalized spacial score (nSPS) is 9.67. The molecule has 2 aromatic heterocycles. The van der Waals surface area contributed by atoms with Gasteiger partial charge in [-0.1, -0.05) is 49.4 Å². The minimum atomic E-state index is -0.235. The minimum absolute atomic E-state index is 0. The Morgan fingerprint density at radius 2 is 1.11 bits per heavy atom. The molecule has 2 heterocycles. The molecular formula is C40H45Cl3F2N7O2-. The van der Waals surface area contributed by atoms with Gasteiger partial charge in [0.2, 0.25) is 0 Å². The van der Waals surface area contributed by atoms with Crippen molar-refractivity contribution in [3.63, 3.8) is 0 Å². The molecule has 0 aliphatic rings. The molecule has 288 valence electrons. The Morgan fingerprint density at radius 1 is 0.630 bits per heavy atom. The molecule has 54 heavy (non-hydrogen) atoms. The van der Waals surface area contributed by atoms with Gasteiger partial charge < -0.3 is 49.8 Å². The molecule has 0 saturated heterocycles. The predicted octanol–water partition coefficient (Wildman–Crippen LogP) is 2.16. The molecule has 0 saturated carbocycles. The average molecular weight is 800 g/mol. The number of rotatable bonds is 8. The lowest BCUT2D eigenvalue weighted by atomic mass is 10.1. The van der Waals surface area contributed by atoms with Gasteiger partial charge in [0.15, 0.2) is 5.82 Å². The molecule has 0 amide bonds. The number of halogens is 5. The van der Waals surface area contributed by atoms with Crippen molar-refractivity contribution in [3.05, 3.63) is 138 Å². The highest BCUT2D eigenvalue weighted by molar-refractivity contribution is 6.29. The maximum absolute atomic E-state index is 14.2. The van der Waals surface area contributed by atoms with Gasteiger partial charge in [0.1, 0.15) is 40.8 Å². The van der Waals surface area contributed by atoms with Crippen LogP contribution in [0.3, 0.4) is 0 Å². The van der Waals surface area contributed by atoms with Crippen LogP contribution in [-0.2, 0) is 6.42 Å². The van der Waals surface area contributed by atoms with E-state index in [0.717, 1.165) is 45.3 Å². The van der Waals surface area contributed by atoms with Gasteiger partial charge in [-0.2, -0.15) is 0 Å². The molecule has 0 unspecified atom stereocenters. The molecule has 3 N–H and O–H groups in total. The van der Waals surface area contributed by atoms with Crippen LogP contribution in [0.25, 0.3) is 22.5 Å². The van der Waals surface area contributed by atoms with Crippen molar-refractivity contribution in [2.45, 2.75) is 13.8 Å².